The predicted octanol–water partition coefficient (Wildman–Crippen LogP) is 3.89. The number of carbonyl (C=O) groups excluding carboxylic acids is 1. The Bertz CT molecular complexity index is 1360. The van der Waals surface area contributed by atoms with Crippen molar-refractivity contribution in [2.75, 3.05) is 31.0 Å². The van der Waals surface area contributed by atoms with Gasteiger partial charge < -0.3 is 19.5 Å². The number of hydrogen-bond acceptors (Lipinski definition) is 9. The second-order valence-electron chi connectivity index (χ2n) is 8.26. The molecule has 1 aliphatic rings. The zero-order chi connectivity index (χ0) is 24.5. The highest BCUT2D eigenvalue weighted by atomic mass is 32.2. The maximum Gasteiger partial charge on any atom is 0.303 e. The zero-order valence-electron chi connectivity index (χ0n) is 19.2. The third-order valence-electron chi connectivity index (χ3n) is 5.02. The lowest BCUT2D eigenvalue weighted by molar-refractivity contribution is -0.149. The SMILES string of the molecule is CC(=O)O[C@@H]1COC[C@@H]1Oc1cc(F)ccc1Nc1ncnc2cc(N=S(C)(C)=O)cc(C)c12. The van der Waals surface area contributed by atoms with Gasteiger partial charge in [0.25, 0.3) is 0 Å². The van der Waals surface area contributed by atoms with E-state index in [-0.39, 0.29) is 19.0 Å². The molecule has 0 aliphatic carbocycles. The van der Waals surface area contributed by atoms with Crippen molar-refractivity contribution in [1.29, 1.82) is 0 Å². The molecule has 2 atom stereocenters. The van der Waals surface area contributed by atoms with Gasteiger partial charge in [-0.25, -0.2) is 18.6 Å². The van der Waals surface area contributed by atoms with Gasteiger partial charge in [-0.1, -0.05) is 0 Å². The van der Waals surface area contributed by atoms with Gasteiger partial charge in [0.2, 0.25) is 0 Å². The first kappa shape index (κ1) is 23.8. The topological polar surface area (TPSA) is 112 Å². The van der Waals surface area contributed by atoms with E-state index in [1.54, 1.807) is 18.6 Å². The average Bonchev–Trinajstić information content (AvgIpc) is 3.14. The molecular weight excluding hydrogens is 463 g/mol. The van der Waals surface area contributed by atoms with Crippen molar-refractivity contribution in [2.45, 2.75) is 26.1 Å². The van der Waals surface area contributed by atoms with E-state index in [1.165, 1.54) is 31.5 Å². The molecule has 2 heterocycles. The molecule has 34 heavy (non-hydrogen) atoms. The van der Waals surface area contributed by atoms with Crippen LogP contribution in [0, 0.1) is 12.7 Å². The first-order chi connectivity index (χ1) is 16.1. The van der Waals surface area contributed by atoms with E-state index in [9.17, 15) is 13.4 Å². The Morgan fingerprint density at radius 1 is 1.21 bits per heavy atom. The second kappa shape index (κ2) is 9.51. The molecule has 4 rings (SSSR count). The van der Waals surface area contributed by atoms with Crippen molar-refractivity contribution < 1.29 is 27.6 Å². The number of aryl methyl sites for hydroxylation is 1. The molecule has 1 N–H and O–H groups in total. The fourth-order valence-electron chi connectivity index (χ4n) is 3.71. The van der Waals surface area contributed by atoms with Gasteiger partial charge in [-0.05, 0) is 36.8 Å². The summed E-state index contributed by atoms with van der Waals surface area (Å²) in [5.74, 6) is -0.224. The number of halogens is 1. The number of ether oxygens (including phenoxy) is 3. The van der Waals surface area contributed by atoms with Crippen LogP contribution in [0.4, 0.5) is 21.6 Å². The summed E-state index contributed by atoms with van der Waals surface area (Å²) in [6, 6.07) is 7.64. The molecular formula is C23H25FN4O5S. The van der Waals surface area contributed by atoms with Crippen LogP contribution in [0.2, 0.25) is 0 Å². The van der Waals surface area contributed by atoms with Gasteiger partial charge in [0.15, 0.2) is 12.2 Å². The van der Waals surface area contributed by atoms with Gasteiger partial charge in [0.1, 0.15) is 23.7 Å². The van der Waals surface area contributed by atoms with Crippen LogP contribution in [-0.4, -0.2) is 58.1 Å². The Balaban J connectivity index is 1.69. The molecule has 180 valence electrons. The van der Waals surface area contributed by atoms with E-state index >= 15 is 0 Å². The fraction of sp³-hybridized carbons (Fsp3) is 0.348. The predicted molar refractivity (Wildman–Crippen MR) is 127 cm³/mol. The van der Waals surface area contributed by atoms with Crippen LogP contribution in [0.15, 0.2) is 41.0 Å². The molecule has 1 aromatic heterocycles. The minimum absolute atomic E-state index is 0.202. The maximum atomic E-state index is 14.1. The first-order valence-electron chi connectivity index (χ1n) is 10.5. The highest BCUT2D eigenvalue weighted by molar-refractivity contribution is 7.92. The minimum Gasteiger partial charge on any atom is -0.482 e. The van der Waals surface area contributed by atoms with Crippen LogP contribution in [0.5, 0.6) is 5.75 Å². The van der Waals surface area contributed by atoms with Crippen LogP contribution < -0.4 is 10.1 Å². The molecule has 0 unspecified atom stereocenters. The van der Waals surface area contributed by atoms with Crippen molar-refractivity contribution in [3.63, 3.8) is 0 Å². The van der Waals surface area contributed by atoms with Crippen molar-refractivity contribution >= 4 is 43.8 Å². The zero-order valence-corrected chi connectivity index (χ0v) is 20.0. The van der Waals surface area contributed by atoms with E-state index < -0.39 is 33.7 Å². The third-order valence-corrected chi connectivity index (χ3v) is 5.67. The molecule has 0 spiro atoms. The van der Waals surface area contributed by atoms with Crippen LogP contribution in [0.1, 0.15) is 12.5 Å². The second-order valence-corrected chi connectivity index (χ2v) is 10.8. The highest BCUT2D eigenvalue weighted by Gasteiger charge is 2.33. The largest absolute Gasteiger partial charge is 0.482 e. The van der Waals surface area contributed by atoms with Crippen molar-refractivity contribution in [1.82, 2.24) is 9.97 Å². The Kier molecular flexibility index (Phi) is 6.67. The van der Waals surface area contributed by atoms with Crippen LogP contribution in [0.25, 0.3) is 10.9 Å². The van der Waals surface area contributed by atoms with Gasteiger partial charge in [-0.3, -0.25) is 4.79 Å². The number of nitrogens with zero attached hydrogens (tertiary/aromatic N) is 3. The van der Waals surface area contributed by atoms with Crippen molar-refractivity contribution in [2.24, 2.45) is 4.36 Å². The van der Waals surface area contributed by atoms with Gasteiger partial charge >= 0.3 is 5.97 Å². The molecule has 0 radical (unpaired) electrons. The lowest BCUT2D eigenvalue weighted by Crippen LogP contribution is -2.34. The molecule has 1 saturated heterocycles. The number of hydrogen-bond donors (Lipinski definition) is 1. The van der Waals surface area contributed by atoms with Gasteiger partial charge in [-0.2, -0.15) is 4.36 Å². The van der Waals surface area contributed by atoms with Crippen molar-refractivity contribution in [3.8, 4) is 5.75 Å². The fourth-order valence-corrected chi connectivity index (χ4v) is 4.32. The normalized spacial score (nSPS) is 18.0. The number of carbonyl (C=O) groups is 1. The van der Waals surface area contributed by atoms with E-state index in [0.717, 1.165) is 10.9 Å². The lowest BCUT2D eigenvalue weighted by Gasteiger charge is -2.21. The van der Waals surface area contributed by atoms with Crippen molar-refractivity contribution in [3.05, 3.63) is 48.0 Å². The number of nitrogens with one attached hydrogen (secondary N) is 1. The molecule has 11 heteroatoms. The molecule has 3 aromatic rings. The van der Waals surface area contributed by atoms with E-state index in [4.69, 9.17) is 14.2 Å². The minimum atomic E-state index is -2.33. The molecule has 1 fully saturated rings. The first-order valence-corrected chi connectivity index (χ1v) is 12.8. The Morgan fingerprint density at radius 3 is 2.71 bits per heavy atom. The summed E-state index contributed by atoms with van der Waals surface area (Å²) in [7, 11) is -2.33. The molecule has 0 saturated carbocycles. The molecule has 0 bridgehead atoms. The van der Waals surface area contributed by atoms with Gasteiger partial charge in [-0.15, -0.1) is 0 Å². The Hall–Kier alpha value is -3.31. The standard InChI is InChI=1S/C23H25FN4O5S/c1-13-7-16(28-34(3,4)30)9-18-22(13)23(26-12-25-18)27-17-6-5-15(24)8-19(17)33-21-11-31-10-20(21)32-14(2)29/h5-9,12,20-21H,10-11H2,1-4H3,(H,25,26,27)/t20-,21+/m1/s1. The van der Waals surface area contributed by atoms with Gasteiger partial charge in [0, 0.05) is 40.6 Å². The van der Waals surface area contributed by atoms with Gasteiger partial charge in [0.05, 0.1) is 30.1 Å². The summed E-state index contributed by atoms with van der Waals surface area (Å²) in [5.41, 5.74) is 2.47. The monoisotopic (exact) mass is 488 g/mol. The summed E-state index contributed by atoms with van der Waals surface area (Å²) in [6.45, 7) is 3.59. The van der Waals surface area contributed by atoms with E-state index in [0.29, 0.717) is 22.7 Å². The summed E-state index contributed by atoms with van der Waals surface area (Å²) >= 11 is 0. The number of fused-ring (bicyclic) bond motifs is 1. The van der Waals surface area contributed by atoms with E-state index in [2.05, 4.69) is 19.6 Å². The van der Waals surface area contributed by atoms with Crippen LogP contribution in [-0.2, 0) is 24.0 Å². The average molecular weight is 489 g/mol. The molecule has 2 aromatic carbocycles. The summed E-state index contributed by atoms with van der Waals surface area (Å²) in [6.07, 6.45) is 3.35. The quantitative estimate of drug-likeness (QED) is 0.520. The highest BCUT2D eigenvalue weighted by Crippen LogP contribution is 2.34. The third kappa shape index (κ3) is 5.60. The Labute approximate surface area is 196 Å². The number of esters is 1. The summed E-state index contributed by atoms with van der Waals surface area (Å²) in [4.78, 5) is 20.1. The maximum absolute atomic E-state index is 14.1. The van der Waals surface area contributed by atoms with Crippen LogP contribution >= 0.6 is 0 Å². The number of rotatable bonds is 6. The van der Waals surface area contributed by atoms with E-state index in [1.807, 2.05) is 13.0 Å². The lowest BCUT2D eigenvalue weighted by atomic mass is 10.1. The Morgan fingerprint density at radius 2 is 1.97 bits per heavy atom. The smallest absolute Gasteiger partial charge is 0.303 e. The number of aromatic nitrogens is 2. The summed E-state index contributed by atoms with van der Waals surface area (Å²) in [5, 5.41) is 3.94. The number of anilines is 2. The number of benzene rings is 2. The van der Waals surface area contributed by atoms with Crippen LogP contribution in [0.3, 0.4) is 0 Å². The molecule has 1 aliphatic heterocycles. The molecule has 0 amide bonds. The summed E-state index contributed by atoms with van der Waals surface area (Å²) < 4.78 is 47.1. The molecule has 9 nitrogen and oxygen atoms in total.